The fraction of sp³-hybridized carbons (Fsp3) is 0.875. The standard InChI is InChI=1S/C8H15NO6/c1-3(11)9-5-7(13)6(12)4(2-10)15-8(5)14/h4-8,10,12-14H,2H2,1H3,(H,9,11)/t4?,5?,6?,7-,8?/m1/s1. The molecule has 7 nitrogen and oxygen atoms in total. The highest BCUT2D eigenvalue weighted by molar-refractivity contribution is 5.73. The minimum absolute atomic E-state index is 0.462. The fourth-order valence-electron chi connectivity index (χ4n) is 1.49. The third-order valence-electron chi connectivity index (χ3n) is 2.27. The Morgan fingerprint density at radius 3 is 2.40 bits per heavy atom. The number of rotatable bonds is 2. The van der Waals surface area contributed by atoms with E-state index in [2.05, 4.69) is 5.32 Å². The number of hydrogen-bond donors (Lipinski definition) is 5. The number of nitrogens with one attached hydrogen (secondary N) is 1. The quantitative estimate of drug-likeness (QED) is 0.337. The average molecular weight is 221 g/mol. The van der Waals surface area contributed by atoms with Crippen LogP contribution < -0.4 is 5.32 Å². The largest absolute Gasteiger partial charge is 0.394 e. The minimum atomic E-state index is -1.45. The van der Waals surface area contributed by atoms with Crippen LogP contribution in [0.2, 0.25) is 0 Å². The van der Waals surface area contributed by atoms with E-state index < -0.39 is 43.2 Å². The van der Waals surface area contributed by atoms with E-state index in [4.69, 9.17) is 9.84 Å². The minimum Gasteiger partial charge on any atom is -0.394 e. The van der Waals surface area contributed by atoms with Crippen molar-refractivity contribution in [2.24, 2.45) is 0 Å². The molecular formula is C8H15NO6. The van der Waals surface area contributed by atoms with Crippen LogP contribution in [0.1, 0.15) is 6.92 Å². The van der Waals surface area contributed by atoms with Gasteiger partial charge in [0, 0.05) is 6.92 Å². The first-order valence-corrected chi connectivity index (χ1v) is 4.55. The number of carbonyl (C=O) groups excluding carboxylic acids is 1. The van der Waals surface area contributed by atoms with Crippen molar-refractivity contribution in [3.05, 3.63) is 0 Å². The van der Waals surface area contributed by atoms with Crippen LogP contribution in [-0.2, 0) is 9.53 Å². The molecule has 0 bridgehead atoms. The Morgan fingerprint density at radius 2 is 1.93 bits per heavy atom. The number of aliphatic hydroxyl groups is 4. The summed E-state index contributed by atoms with van der Waals surface area (Å²) < 4.78 is 4.81. The summed E-state index contributed by atoms with van der Waals surface area (Å²) in [6.45, 7) is 0.687. The van der Waals surface area contributed by atoms with Crippen molar-refractivity contribution in [1.82, 2.24) is 5.32 Å². The average Bonchev–Trinajstić information content (AvgIpc) is 2.18. The van der Waals surface area contributed by atoms with E-state index in [-0.39, 0.29) is 0 Å². The molecule has 4 unspecified atom stereocenters. The van der Waals surface area contributed by atoms with Crippen molar-refractivity contribution in [1.29, 1.82) is 0 Å². The van der Waals surface area contributed by atoms with Crippen LogP contribution in [0, 0.1) is 0 Å². The molecule has 1 rings (SSSR count). The molecular weight excluding hydrogens is 206 g/mol. The highest BCUT2D eigenvalue weighted by Crippen LogP contribution is 2.19. The molecule has 1 fully saturated rings. The summed E-state index contributed by atoms with van der Waals surface area (Å²) in [7, 11) is 0. The molecule has 0 spiro atoms. The molecule has 0 aromatic rings. The van der Waals surface area contributed by atoms with Gasteiger partial charge in [-0.1, -0.05) is 0 Å². The van der Waals surface area contributed by atoms with Crippen LogP contribution >= 0.6 is 0 Å². The predicted molar refractivity (Wildman–Crippen MR) is 47.6 cm³/mol. The lowest BCUT2D eigenvalue weighted by Crippen LogP contribution is -2.63. The molecule has 0 aromatic carbocycles. The Balaban J connectivity index is 2.70. The van der Waals surface area contributed by atoms with Gasteiger partial charge >= 0.3 is 0 Å². The smallest absolute Gasteiger partial charge is 0.217 e. The lowest BCUT2D eigenvalue weighted by atomic mass is 9.97. The van der Waals surface area contributed by atoms with Gasteiger partial charge in [0.1, 0.15) is 24.4 Å². The molecule has 5 atom stereocenters. The first-order valence-electron chi connectivity index (χ1n) is 4.55. The molecule has 1 heterocycles. The molecule has 0 radical (unpaired) electrons. The summed E-state index contributed by atoms with van der Waals surface area (Å²) in [4.78, 5) is 10.7. The second-order valence-electron chi connectivity index (χ2n) is 3.46. The van der Waals surface area contributed by atoms with Crippen LogP contribution in [0.3, 0.4) is 0 Å². The molecule has 5 N–H and O–H groups in total. The predicted octanol–water partition coefficient (Wildman–Crippen LogP) is -3.08. The molecule has 7 heteroatoms. The molecule has 0 aliphatic carbocycles. The second-order valence-corrected chi connectivity index (χ2v) is 3.46. The van der Waals surface area contributed by atoms with Crippen molar-refractivity contribution in [2.45, 2.75) is 37.6 Å². The Hall–Kier alpha value is -0.730. The van der Waals surface area contributed by atoms with E-state index in [1.54, 1.807) is 0 Å². The Bertz CT molecular complexity index is 235. The van der Waals surface area contributed by atoms with Crippen LogP contribution in [0.25, 0.3) is 0 Å². The third kappa shape index (κ3) is 2.64. The molecule has 15 heavy (non-hydrogen) atoms. The van der Waals surface area contributed by atoms with Crippen LogP contribution in [-0.4, -0.2) is 63.6 Å². The summed E-state index contributed by atoms with van der Waals surface area (Å²) >= 11 is 0. The number of hydrogen-bond acceptors (Lipinski definition) is 6. The number of aliphatic hydroxyl groups excluding tert-OH is 4. The summed E-state index contributed by atoms with van der Waals surface area (Å²) in [5, 5.41) is 39.4. The SMILES string of the molecule is CC(=O)NC1C(O)OC(CO)C(O)[C@@H]1O. The van der Waals surface area contributed by atoms with E-state index in [0.29, 0.717) is 0 Å². The highest BCUT2D eigenvalue weighted by atomic mass is 16.6. The normalized spacial score (nSPS) is 41.3. The zero-order chi connectivity index (χ0) is 11.6. The van der Waals surface area contributed by atoms with Gasteiger partial charge < -0.3 is 30.5 Å². The van der Waals surface area contributed by atoms with E-state index in [1.807, 2.05) is 0 Å². The monoisotopic (exact) mass is 221 g/mol. The van der Waals surface area contributed by atoms with Gasteiger partial charge in [-0.3, -0.25) is 4.79 Å². The second kappa shape index (κ2) is 4.86. The van der Waals surface area contributed by atoms with Gasteiger partial charge in [0.15, 0.2) is 6.29 Å². The molecule has 1 saturated heterocycles. The van der Waals surface area contributed by atoms with Gasteiger partial charge in [-0.05, 0) is 0 Å². The zero-order valence-corrected chi connectivity index (χ0v) is 8.20. The van der Waals surface area contributed by atoms with Gasteiger partial charge in [-0.15, -0.1) is 0 Å². The zero-order valence-electron chi connectivity index (χ0n) is 8.20. The van der Waals surface area contributed by atoms with Crippen molar-refractivity contribution in [2.75, 3.05) is 6.61 Å². The maximum Gasteiger partial charge on any atom is 0.217 e. The van der Waals surface area contributed by atoms with Crippen molar-refractivity contribution < 1.29 is 30.0 Å². The van der Waals surface area contributed by atoms with Crippen molar-refractivity contribution in [3.8, 4) is 0 Å². The molecule has 0 aromatic heterocycles. The summed E-state index contributed by atoms with van der Waals surface area (Å²) in [5.41, 5.74) is 0. The molecule has 1 amide bonds. The highest BCUT2D eigenvalue weighted by Gasteiger charge is 2.43. The van der Waals surface area contributed by atoms with Crippen molar-refractivity contribution >= 4 is 5.91 Å². The lowest BCUT2D eigenvalue weighted by Gasteiger charge is -2.40. The fourth-order valence-corrected chi connectivity index (χ4v) is 1.49. The number of amides is 1. The van der Waals surface area contributed by atoms with E-state index in [9.17, 15) is 20.1 Å². The topological polar surface area (TPSA) is 119 Å². The molecule has 88 valence electrons. The maximum atomic E-state index is 10.7. The summed E-state index contributed by atoms with van der Waals surface area (Å²) in [6.07, 6.45) is -5.24. The Labute approximate surface area is 86.3 Å². The third-order valence-corrected chi connectivity index (χ3v) is 2.27. The number of carbonyl (C=O) groups is 1. The van der Waals surface area contributed by atoms with Crippen molar-refractivity contribution in [3.63, 3.8) is 0 Å². The number of ether oxygens (including phenoxy) is 1. The van der Waals surface area contributed by atoms with Gasteiger partial charge in [0.05, 0.1) is 6.61 Å². The van der Waals surface area contributed by atoms with Crippen LogP contribution in [0.5, 0.6) is 0 Å². The van der Waals surface area contributed by atoms with E-state index in [1.165, 1.54) is 6.92 Å². The van der Waals surface area contributed by atoms with Gasteiger partial charge in [-0.25, -0.2) is 0 Å². The Morgan fingerprint density at radius 1 is 1.33 bits per heavy atom. The first-order chi connectivity index (χ1) is 6.97. The van der Waals surface area contributed by atoms with Crippen LogP contribution in [0.15, 0.2) is 0 Å². The van der Waals surface area contributed by atoms with Gasteiger partial charge in [0.2, 0.25) is 5.91 Å². The molecule has 1 aliphatic rings. The maximum absolute atomic E-state index is 10.7. The summed E-state index contributed by atoms with van der Waals surface area (Å²) in [6, 6.07) is -1.10. The van der Waals surface area contributed by atoms with E-state index >= 15 is 0 Å². The lowest BCUT2D eigenvalue weighted by molar-refractivity contribution is -0.253. The summed E-state index contributed by atoms with van der Waals surface area (Å²) in [5.74, 6) is -0.462. The Kier molecular flexibility index (Phi) is 4.00. The molecule has 1 aliphatic heterocycles. The van der Waals surface area contributed by atoms with Gasteiger partial charge in [0.25, 0.3) is 0 Å². The molecule has 0 saturated carbocycles. The van der Waals surface area contributed by atoms with Gasteiger partial charge in [-0.2, -0.15) is 0 Å². The first kappa shape index (κ1) is 12.3. The van der Waals surface area contributed by atoms with E-state index in [0.717, 1.165) is 0 Å². The van der Waals surface area contributed by atoms with Crippen LogP contribution in [0.4, 0.5) is 0 Å².